The Balaban J connectivity index is 1.53. The molecule has 1 saturated heterocycles. The summed E-state index contributed by atoms with van der Waals surface area (Å²) < 4.78 is 0. The molecule has 31 heavy (non-hydrogen) atoms. The van der Waals surface area contributed by atoms with Crippen molar-refractivity contribution in [3.8, 4) is 0 Å². The molecule has 1 aromatic heterocycles. The fraction of sp³-hybridized carbons (Fsp3) is 0.478. The van der Waals surface area contributed by atoms with Gasteiger partial charge in [0.2, 0.25) is 5.91 Å². The number of aliphatic imine (C=N–C) groups is 1. The quantitative estimate of drug-likeness (QED) is 0.411. The van der Waals surface area contributed by atoms with E-state index in [0.29, 0.717) is 19.1 Å². The van der Waals surface area contributed by atoms with E-state index < -0.39 is 0 Å². The highest BCUT2D eigenvalue weighted by molar-refractivity contribution is 7.10. The number of hydrogen-bond acceptors (Lipinski definition) is 5. The molecule has 8 heteroatoms. The largest absolute Gasteiger partial charge is 0.354 e. The zero-order valence-electron chi connectivity index (χ0n) is 18.7. The Morgan fingerprint density at radius 2 is 2.00 bits per heavy atom. The zero-order valence-corrected chi connectivity index (χ0v) is 19.5. The molecule has 7 nitrogen and oxygen atoms in total. The van der Waals surface area contributed by atoms with Crippen LogP contribution in [0.25, 0.3) is 0 Å². The van der Waals surface area contributed by atoms with Crippen molar-refractivity contribution in [3.05, 3.63) is 52.2 Å². The topological polar surface area (TPSA) is 72.0 Å². The molecule has 0 aliphatic carbocycles. The Hall–Kier alpha value is -2.42. The van der Waals surface area contributed by atoms with Gasteiger partial charge in [0.05, 0.1) is 12.6 Å². The summed E-state index contributed by atoms with van der Waals surface area (Å²) >= 11 is 1.82. The van der Waals surface area contributed by atoms with Gasteiger partial charge in [0.15, 0.2) is 5.96 Å². The van der Waals surface area contributed by atoms with Crippen LogP contribution in [-0.2, 0) is 11.3 Å². The van der Waals surface area contributed by atoms with Gasteiger partial charge in [-0.05, 0) is 69.2 Å². The Kier molecular flexibility index (Phi) is 8.87. The number of benzene rings is 1. The van der Waals surface area contributed by atoms with Crippen LogP contribution < -0.4 is 16.0 Å². The summed E-state index contributed by atoms with van der Waals surface area (Å²) in [6.45, 7) is 4.12. The first-order valence-electron chi connectivity index (χ1n) is 10.8. The van der Waals surface area contributed by atoms with Gasteiger partial charge in [-0.2, -0.15) is 0 Å². The van der Waals surface area contributed by atoms with Crippen molar-refractivity contribution < 1.29 is 4.79 Å². The second kappa shape index (κ2) is 11.8. The monoisotopic (exact) mass is 442 g/mol. The van der Waals surface area contributed by atoms with Crippen LogP contribution in [0, 0.1) is 0 Å². The minimum Gasteiger partial charge on any atom is -0.354 e. The Morgan fingerprint density at radius 1 is 1.19 bits per heavy atom. The minimum atomic E-state index is -0.0193. The van der Waals surface area contributed by atoms with E-state index in [0.717, 1.165) is 36.8 Å². The van der Waals surface area contributed by atoms with Crippen molar-refractivity contribution in [1.82, 2.24) is 20.4 Å². The standard InChI is InChI=1S/C23H34N6OS/c1-24-23(26-16-20(21-10-7-13-31-21)29-11-4-5-12-29)25-15-18-8-6-9-19(14-18)27-22(30)17-28(2)3/h6-10,13-14,20H,4-5,11-12,15-17H2,1-3H3,(H,27,30)(H2,24,25,26). The molecule has 0 saturated carbocycles. The first-order valence-corrected chi connectivity index (χ1v) is 11.7. The molecule has 1 unspecified atom stereocenters. The summed E-state index contributed by atoms with van der Waals surface area (Å²) in [7, 11) is 5.56. The summed E-state index contributed by atoms with van der Waals surface area (Å²) in [5.74, 6) is 0.761. The van der Waals surface area contributed by atoms with Gasteiger partial charge in [-0.15, -0.1) is 11.3 Å². The third-order valence-electron chi connectivity index (χ3n) is 5.27. The second-order valence-electron chi connectivity index (χ2n) is 8.07. The van der Waals surface area contributed by atoms with E-state index in [2.05, 4.69) is 43.4 Å². The van der Waals surface area contributed by atoms with Crippen molar-refractivity contribution in [2.75, 3.05) is 52.6 Å². The lowest BCUT2D eigenvalue weighted by atomic mass is 10.2. The molecular formula is C23H34N6OS. The molecule has 2 aromatic rings. The number of hydrogen-bond donors (Lipinski definition) is 3. The summed E-state index contributed by atoms with van der Waals surface area (Å²) in [4.78, 5) is 22.2. The highest BCUT2D eigenvalue weighted by Crippen LogP contribution is 2.27. The van der Waals surface area contributed by atoms with Crippen LogP contribution in [0.3, 0.4) is 0 Å². The fourth-order valence-electron chi connectivity index (χ4n) is 3.79. The van der Waals surface area contributed by atoms with E-state index in [1.165, 1.54) is 17.7 Å². The van der Waals surface area contributed by atoms with Crippen LogP contribution in [0.4, 0.5) is 5.69 Å². The molecule has 1 amide bonds. The lowest BCUT2D eigenvalue weighted by Crippen LogP contribution is -2.42. The predicted molar refractivity (Wildman–Crippen MR) is 130 cm³/mol. The zero-order chi connectivity index (χ0) is 22.1. The Bertz CT molecular complexity index is 846. The van der Waals surface area contributed by atoms with E-state index in [1.54, 1.807) is 7.05 Å². The fourth-order valence-corrected chi connectivity index (χ4v) is 4.65. The van der Waals surface area contributed by atoms with Crippen LogP contribution in [0.2, 0.25) is 0 Å². The van der Waals surface area contributed by atoms with E-state index in [1.807, 2.05) is 54.6 Å². The van der Waals surface area contributed by atoms with Crippen molar-refractivity contribution in [2.24, 2.45) is 4.99 Å². The van der Waals surface area contributed by atoms with Crippen LogP contribution in [0.15, 0.2) is 46.8 Å². The predicted octanol–water partition coefficient (Wildman–Crippen LogP) is 2.75. The van der Waals surface area contributed by atoms with Gasteiger partial charge in [0.1, 0.15) is 0 Å². The number of thiophene rings is 1. The van der Waals surface area contributed by atoms with Gasteiger partial charge in [-0.1, -0.05) is 18.2 Å². The van der Waals surface area contributed by atoms with Crippen LogP contribution in [-0.4, -0.2) is 69.0 Å². The van der Waals surface area contributed by atoms with Gasteiger partial charge < -0.3 is 20.9 Å². The molecule has 0 spiro atoms. The molecule has 0 radical (unpaired) electrons. The van der Waals surface area contributed by atoms with Gasteiger partial charge >= 0.3 is 0 Å². The number of likely N-dealkylation sites (tertiary alicyclic amines) is 1. The second-order valence-corrected chi connectivity index (χ2v) is 9.05. The van der Waals surface area contributed by atoms with E-state index in [-0.39, 0.29) is 5.91 Å². The number of nitrogens with zero attached hydrogens (tertiary/aromatic N) is 3. The van der Waals surface area contributed by atoms with Crippen molar-refractivity contribution in [2.45, 2.75) is 25.4 Å². The lowest BCUT2D eigenvalue weighted by molar-refractivity contribution is -0.116. The van der Waals surface area contributed by atoms with E-state index in [4.69, 9.17) is 0 Å². The molecule has 1 aromatic carbocycles. The Labute approximate surface area is 189 Å². The number of likely N-dealkylation sites (N-methyl/N-ethyl adjacent to an activating group) is 1. The molecular weight excluding hydrogens is 408 g/mol. The first kappa shape index (κ1) is 23.2. The maximum atomic E-state index is 12.0. The van der Waals surface area contributed by atoms with E-state index in [9.17, 15) is 4.79 Å². The Morgan fingerprint density at radius 3 is 2.68 bits per heavy atom. The van der Waals surface area contributed by atoms with Crippen LogP contribution >= 0.6 is 11.3 Å². The summed E-state index contributed by atoms with van der Waals surface area (Å²) in [5.41, 5.74) is 1.89. The molecule has 1 fully saturated rings. The average Bonchev–Trinajstić information content (AvgIpc) is 3.45. The lowest BCUT2D eigenvalue weighted by Gasteiger charge is -2.27. The van der Waals surface area contributed by atoms with Crippen molar-refractivity contribution in [3.63, 3.8) is 0 Å². The van der Waals surface area contributed by atoms with Crippen LogP contribution in [0.5, 0.6) is 0 Å². The number of carbonyl (C=O) groups excluding carboxylic acids is 1. The maximum Gasteiger partial charge on any atom is 0.238 e. The van der Waals surface area contributed by atoms with Crippen molar-refractivity contribution in [1.29, 1.82) is 0 Å². The highest BCUT2D eigenvalue weighted by Gasteiger charge is 2.24. The maximum absolute atomic E-state index is 12.0. The van der Waals surface area contributed by atoms with Crippen molar-refractivity contribution >= 4 is 28.9 Å². The third-order valence-corrected chi connectivity index (χ3v) is 6.24. The number of carbonyl (C=O) groups is 1. The average molecular weight is 443 g/mol. The number of anilines is 1. The highest BCUT2D eigenvalue weighted by atomic mass is 32.1. The molecule has 1 atom stereocenters. The minimum absolute atomic E-state index is 0.0193. The van der Waals surface area contributed by atoms with Gasteiger partial charge in [0.25, 0.3) is 0 Å². The third kappa shape index (κ3) is 7.34. The molecule has 2 heterocycles. The summed E-state index contributed by atoms with van der Waals surface area (Å²) in [6, 6.07) is 12.6. The first-order chi connectivity index (χ1) is 15.0. The van der Waals surface area contributed by atoms with E-state index >= 15 is 0 Å². The molecule has 0 bridgehead atoms. The smallest absolute Gasteiger partial charge is 0.238 e. The molecule has 168 valence electrons. The van der Waals surface area contributed by atoms with Gasteiger partial charge in [0, 0.05) is 30.7 Å². The number of rotatable bonds is 9. The molecule has 3 rings (SSSR count). The van der Waals surface area contributed by atoms with Crippen LogP contribution in [0.1, 0.15) is 29.3 Å². The summed E-state index contributed by atoms with van der Waals surface area (Å²) in [6.07, 6.45) is 2.55. The summed E-state index contributed by atoms with van der Waals surface area (Å²) in [5, 5.41) is 12.0. The molecule has 3 N–H and O–H groups in total. The number of guanidine groups is 1. The normalized spacial score (nSPS) is 15.8. The van der Waals surface area contributed by atoms with Gasteiger partial charge in [-0.25, -0.2) is 0 Å². The molecule has 1 aliphatic heterocycles. The SMILES string of the molecule is CN=C(NCc1cccc(NC(=O)CN(C)C)c1)NCC(c1cccs1)N1CCCC1. The number of nitrogens with one attached hydrogen (secondary N) is 3. The molecule has 1 aliphatic rings. The van der Waals surface area contributed by atoms with Gasteiger partial charge in [-0.3, -0.25) is 14.7 Å². The number of amides is 1.